The van der Waals surface area contributed by atoms with Crippen molar-refractivity contribution >= 4 is 37.8 Å². The summed E-state index contributed by atoms with van der Waals surface area (Å²) in [6, 6.07) is 1.64. The number of halogens is 2. The van der Waals surface area contributed by atoms with Gasteiger partial charge in [0.25, 0.3) is 5.91 Å². The van der Waals surface area contributed by atoms with E-state index in [4.69, 9.17) is 4.42 Å². The van der Waals surface area contributed by atoms with Gasteiger partial charge in [-0.15, -0.1) is 0 Å². The predicted octanol–water partition coefficient (Wildman–Crippen LogP) is 3.58. The minimum Gasteiger partial charge on any atom is -0.457 e. The zero-order valence-electron chi connectivity index (χ0n) is 9.30. The molecule has 0 aliphatic rings. The molecule has 1 unspecified atom stereocenters. The van der Waals surface area contributed by atoms with Crippen LogP contribution in [0.1, 0.15) is 30.6 Å². The first kappa shape index (κ1) is 13.8. The van der Waals surface area contributed by atoms with Crippen LogP contribution in [0.3, 0.4) is 0 Å². The summed E-state index contributed by atoms with van der Waals surface area (Å²) in [4.78, 5) is 12.0. The van der Waals surface area contributed by atoms with Crippen molar-refractivity contribution in [3.05, 3.63) is 22.6 Å². The van der Waals surface area contributed by atoms with Crippen molar-refractivity contribution in [3.8, 4) is 0 Å². The first-order chi connectivity index (χ1) is 7.50. The second kappa shape index (κ2) is 6.45. The topological polar surface area (TPSA) is 42.2 Å². The summed E-state index contributed by atoms with van der Waals surface area (Å²) in [6.45, 7) is 4.93. The van der Waals surface area contributed by atoms with E-state index in [1.54, 1.807) is 6.07 Å². The molecule has 0 spiro atoms. The molecule has 0 aliphatic carbocycles. The lowest BCUT2D eigenvalue weighted by atomic mass is 10.1. The van der Waals surface area contributed by atoms with Crippen LogP contribution >= 0.6 is 31.9 Å². The lowest BCUT2D eigenvalue weighted by Gasteiger charge is -2.12. The van der Waals surface area contributed by atoms with Gasteiger partial charge in [-0.3, -0.25) is 4.79 Å². The Balaban J connectivity index is 2.39. The predicted molar refractivity (Wildman–Crippen MR) is 70.9 cm³/mol. The number of amides is 1. The lowest BCUT2D eigenvalue weighted by molar-refractivity contribution is 0.0951. The zero-order chi connectivity index (χ0) is 12.1. The van der Waals surface area contributed by atoms with E-state index in [1.165, 1.54) is 6.26 Å². The Bertz CT molecular complexity index is 350. The van der Waals surface area contributed by atoms with Crippen molar-refractivity contribution in [1.82, 2.24) is 5.32 Å². The average molecular weight is 353 g/mol. The highest BCUT2D eigenvalue weighted by Crippen LogP contribution is 2.17. The van der Waals surface area contributed by atoms with E-state index in [-0.39, 0.29) is 5.91 Å². The maximum Gasteiger partial charge on any atom is 0.255 e. The average Bonchev–Trinajstić information content (AvgIpc) is 2.60. The van der Waals surface area contributed by atoms with Gasteiger partial charge in [0.05, 0.1) is 11.8 Å². The van der Waals surface area contributed by atoms with Crippen molar-refractivity contribution in [2.24, 2.45) is 5.92 Å². The number of carbonyl (C=O) groups is 1. The van der Waals surface area contributed by atoms with Gasteiger partial charge in [0.15, 0.2) is 4.67 Å². The molecule has 90 valence electrons. The first-order valence-electron chi connectivity index (χ1n) is 5.16. The first-order valence-corrected chi connectivity index (χ1v) is 6.86. The fraction of sp³-hybridized carbons (Fsp3) is 0.545. The maximum atomic E-state index is 11.7. The molecule has 16 heavy (non-hydrogen) atoms. The molecule has 3 nitrogen and oxygen atoms in total. The van der Waals surface area contributed by atoms with Crippen LogP contribution in [0.5, 0.6) is 0 Å². The molecule has 1 rings (SSSR count). The number of carbonyl (C=O) groups excluding carboxylic acids is 1. The highest BCUT2D eigenvalue weighted by atomic mass is 79.9. The van der Waals surface area contributed by atoms with Crippen LogP contribution in [0, 0.1) is 5.92 Å². The molecule has 0 saturated heterocycles. The van der Waals surface area contributed by atoms with Crippen molar-refractivity contribution in [2.75, 3.05) is 6.54 Å². The number of furan rings is 1. The Kier molecular flexibility index (Phi) is 5.55. The summed E-state index contributed by atoms with van der Waals surface area (Å²) in [7, 11) is 0. The zero-order valence-corrected chi connectivity index (χ0v) is 12.5. The molecule has 1 heterocycles. The number of nitrogens with one attached hydrogen (secondary N) is 1. The molecule has 0 saturated carbocycles. The maximum absolute atomic E-state index is 11.7. The fourth-order valence-corrected chi connectivity index (χ4v) is 2.68. The Morgan fingerprint density at radius 2 is 2.25 bits per heavy atom. The fourth-order valence-electron chi connectivity index (χ4n) is 1.35. The summed E-state index contributed by atoms with van der Waals surface area (Å²) >= 11 is 6.71. The molecule has 1 N–H and O–H groups in total. The van der Waals surface area contributed by atoms with E-state index in [9.17, 15) is 4.79 Å². The second-order valence-electron chi connectivity index (χ2n) is 4.04. The van der Waals surface area contributed by atoms with Gasteiger partial charge >= 0.3 is 0 Å². The van der Waals surface area contributed by atoms with E-state index in [2.05, 4.69) is 51.0 Å². The third-order valence-electron chi connectivity index (χ3n) is 2.07. The van der Waals surface area contributed by atoms with Crippen LogP contribution in [0.25, 0.3) is 0 Å². The van der Waals surface area contributed by atoms with Crippen LogP contribution in [-0.2, 0) is 0 Å². The Morgan fingerprint density at radius 1 is 1.56 bits per heavy atom. The minimum atomic E-state index is -0.117. The third kappa shape index (κ3) is 4.29. The summed E-state index contributed by atoms with van der Waals surface area (Å²) in [5.74, 6) is 0.496. The van der Waals surface area contributed by atoms with Crippen molar-refractivity contribution in [3.63, 3.8) is 0 Å². The molecule has 1 atom stereocenters. The molecule has 5 heteroatoms. The summed E-state index contributed by atoms with van der Waals surface area (Å²) in [6.07, 6.45) is 2.52. The highest BCUT2D eigenvalue weighted by Gasteiger charge is 2.14. The molecule has 0 radical (unpaired) electrons. The third-order valence-corrected chi connectivity index (χ3v) is 3.39. The number of alkyl halides is 1. The summed E-state index contributed by atoms with van der Waals surface area (Å²) in [5, 5.41) is 2.86. The molecule has 1 aromatic heterocycles. The normalized spacial score (nSPS) is 12.8. The Hall–Kier alpha value is -0.290. The van der Waals surface area contributed by atoms with Crippen molar-refractivity contribution in [1.29, 1.82) is 0 Å². The van der Waals surface area contributed by atoms with Gasteiger partial charge in [0, 0.05) is 11.4 Å². The second-order valence-corrected chi connectivity index (χ2v) is 6.06. The molecule has 1 amide bonds. The van der Waals surface area contributed by atoms with E-state index in [1.807, 2.05) is 0 Å². The van der Waals surface area contributed by atoms with Crippen LogP contribution in [0.4, 0.5) is 0 Å². The summed E-state index contributed by atoms with van der Waals surface area (Å²) < 4.78 is 5.47. The van der Waals surface area contributed by atoms with Gasteiger partial charge in [-0.25, -0.2) is 0 Å². The van der Waals surface area contributed by atoms with Crippen LogP contribution in [0.15, 0.2) is 21.4 Å². The molecular formula is C11H15Br2NO2. The Labute approximate surface area is 112 Å². The molecule has 0 aliphatic heterocycles. The van der Waals surface area contributed by atoms with E-state index < -0.39 is 0 Å². The van der Waals surface area contributed by atoms with E-state index >= 15 is 0 Å². The molecule has 0 fully saturated rings. The minimum absolute atomic E-state index is 0.117. The van der Waals surface area contributed by atoms with Gasteiger partial charge in [0.2, 0.25) is 0 Å². The molecule has 1 aromatic rings. The van der Waals surface area contributed by atoms with Crippen molar-refractivity contribution < 1.29 is 9.21 Å². The van der Waals surface area contributed by atoms with Crippen LogP contribution in [0.2, 0.25) is 0 Å². The smallest absolute Gasteiger partial charge is 0.255 e. The monoisotopic (exact) mass is 351 g/mol. The molecular weight excluding hydrogens is 338 g/mol. The summed E-state index contributed by atoms with van der Waals surface area (Å²) in [5.41, 5.74) is 0.532. The van der Waals surface area contributed by atoms with Gasteiger partial charge in [-0.1, -0.05) is 29.8 Å². The van der Waals surface area contributed by atoms with Crippen molar-refractivity contribution in [2.45, 2.75) is 25.1 Å². The standard InChI is InChI=1S/C11H15Br2NO2/c1-7(2)5-8(12)6-14-11(15)9-3-4-16-10(9)13/h3-4,7-8H,5-6H2,1-2H3,(H,14,15). The SMILES string of the molecule is CC(C)CC(Br)CNC(=O)c1ccoc1Br. The van der Waals surface area contributed by atoms with Gasteiger partial charge in [-0.05, 0) is 34.3 Å². The molecule has 0 aromatic carbocycles. The van der Waals surface area contributed by atoms with Crippen LogP contribution < -0.4 is 5.32 Å². The largest absolute Gasteiger partial charge is 0.457 e. The quantitative estimate of drug-likeness (QED) is 0.823. The highest BCUT2D eigenvalue weighted by molar-refractivity contribution is 9.10. The van der Waals surface area contributed by atoms with Gasteiger partial charge < -0.3 is 9.73 Å². The van der Waals surface area contributed by atoms with Gasteiger partial charge in [-0.2, -0.15) is 0 Å². The van der Waals surface area contributed by atoms with Crippen LogP contribution in [-0.4, -0.2) is 17.3 Å². The number of hydrogen-bond donors (Lipinski definition) is 1. The van der Waals surface area contributed by atoms with E-state index in [0.717, 1.165) is 6.42 Å². The van der Waals surface area contributed by atoms with E-state index in [0.29, 0.717) is 27.5 Å². The lowest BCUT2D eigenvalue weighted by Crippen LogP contribution is -2.30. The number of hydrogen-bond acceptors (Lipinski definition) is 2. The Morgan fingerprint density at radius 3 is 2.75 bits per heavy atom. The van der Waals surface area contributed by atoms with Gasteiger partial charge in [0.1, 0.15) is 0 Å². The molecule has 0 bridgehead atoms. The number of rotatable bonds is 5.